The van der Waals surface area contributed by atoms with Crippen LogP contribution in [0.3, 0.4) is 0 Å². The minimum absolute atomic E-state index is 0.138. The summed E-state index contributed by atoms with van der Waals surface area (Å²) in [6.07, 6.45) is 1.85. The van der Waals surface area contributed by atoms with Crippen molar-refractivity contribution in [1.29, 1.82) is 5.26 Å². The highest BCUT2D eigenvalue weighted by molar-refractivity contribution is 7.98. The first-order valence-electron chi connectivity index (χ1n) is 3.58. The number of H-pyrrole nitrogens is 1. The van der Waals surface area contributed by atoms with Crippen molar-refractivity contribution >= 4 is 17.6 Å². The molecule has 3 N–H and O–H groups in total. The molecule has 1 heterocycles. The van der Waals surface area contributed by atoms with E-state index < -0.39 is 5.56 Å². The van der Waals surface area contributed by atoms with Gasteiger partial charge in [-0.3, -0.25) is 4.79 Å². The third-order valence-electron chi connectivity index (χ3n) is 1.75. The summed E-state index contributed by atoms with van der Waals surface area (Å²) in [4.78, 5) is 14.4. The van der Waals surface area contributed by atoms with E-state index >= 15 is 0 Å². The van der Waals surface area contributed by atoms with Crippen LogP contribution in [0.5, 0.6) is 0 Å². The summed E-state index contributed by atoms with van der Waals surface area (Å²) in [5.74, 6) is 0.328. The van der Waals surface area contributed by atoms with Gasteiger partial charge in [0.05, 0.1) is 4.90 Å². The van der Waals surface area contributed by atoms with Gasteiger partial charge < -0.3 is 10.7 Å². The highest BCUT2D eigenvalue weighted by atomic mass is 32.2. The fourth-order valence-electron chi connectivity index (χ4n) is 1.13. The second kappa shape index (κ2) is 3.54. The third-order valence-corrected chi connectivity index (χ3v) is 2.69. The highest BCUT2D eigenvalue weighted by Crippen LogP contribution is 2.24. The Labute approximate surface area is 79.8 Å². The lowest BCUT2D eigenvalue weighted by Crippen LogP contribution is -2.15. The molecule has 0 saturated carbocycles. The van der Waals surface area contributed by atoms with Gasteiger partial charge in [-0.05, 0) is 18.7 Å². The number of nitrogens with zero attached hydrogens (tertiary/aromatic N) is 1. The second-order valence-corrected chi connectivity index (χ2v) is 3.33. The summed E-state index contributed by atoms with van der Waals surface area (Å²) in [5, 5.41) is 8.69. The van der Waals surface area contributed by atoms with Crippen LogP contribution in [-0.2, 0) is 0 Å². The first kappa shape index (κ1) is 9.68. The molecule has 0 unspecified atom stereocenters. The summed E-state index contributed by atoms with van der Waals surface area (Å²) in [6, 6.07) is 1.85. The number of hydrogen-bond acceptors (Lipinski definition) is 4. The maximum atomic E-state index is 11.2. The number of hydrogen-bond donors (Lipinski definition) is 2. The largest absolute Gasteiger partial charge is 0.384 e. The van der Waals surface area contributed by atoms with Crippen LogP contribution in [0.2, 0.25) is 0 Å². The quantitative estimate of drug-likeness (QED) is 0.651. The first-order valence-corrected chi connectivity index (χ1v) is 4.80. The molecule has 1 aromatic heterocycles. The van der Waals surface area contributed by atoms with Crippen LogP contribution in [0.25, 0.3) is 0 Å². The molecular weight excluding hydrogens is 186 g/mol. The molecular formula is C8H9N3OS. The van der Waals surface area contributed by atoms with Gasteiger partial charge in [0.25, 0.3) is 5.56 Å². The van der Waals surface area contributed by atoms with Crippen molar-refractivity contribution in [2.45, 2.75) is 11.8 Å². The van der Waals surface area contributed by atoms with Crippen molar-refractivity contribution in [1.82, 2.24) is 4.98 Å². The van der Waals surface area contributed by atoms with Crippen molar-refractivity contribution in [3.63, 3.8) is 0 Å². The Hall–Kier alpha value is -1.41. The molecule has 0 aliphatic carbocycles. The van der Waals surface area contributed by atoms with Gasteiger partial charge >= 0.3 is 0 Å². The van der Waals surface area contributed by atoms with E-state index in [1.165, 1.54) is 11.8 Å². The van der Waals surface area contributed by atoms with Gasteiger partial charge in [0.1, 0.15) is 17.5 Å². The maximum absolute atomic E-state index is 11.2. The second-order valence-electron chi connectivity index (χ2n) is 2.51. The number of pyridine rings is 1. The Bertz CT molecular complexity index is 430. The van der Waals surface area contributed by atoms with Gasteiger partial charge in [-0.15, -0.1) is 11.8 Å². The van der Waals surface area contributed by atoms with E-state index in [9.17, 15) is 4.79 Å². The minimum atomic E-state index is -0.421. The van der Waals surface area contributed by atoms with Gasteiger partial charge in [-0.25, -0.2) is 0 Å². The van der Waals surface area contributed by atoms with E-state index in [1.54, 1.807) is 6.92 Å². The average Bonchev–Trinajstić information content (AvgIpc) is 2.04. The normalized spacial score (nSPS) is 9.62. The van der Waals surface area contributed by atoms with E-state index in [2.05, 4.69) is 4.98 Å². The fraction of sp³-hybridized carbons (Fsp3) is 0.250. The van der Waals surface area contributed by atoms with E-state index in [4.69, 9.17) is 11.0 Å². The number of rotatable bonds is 1. The SMILES string of the molecule is CSc1c(N)[nH]c(=O)c(C#N)c1C. The Morgan fingerprint density at radius 3 is 2.69 bits per heavy atom. The smallest absolute Gasteiger partial charge is 0.267 e. The number of nitrogen functional groups attached to an aromatic ring is 1. The minimum Gasteiger partial charge on any atom is -0.384 e. The molecule has 0 radical (unpaired) electrons. The predicted octanol–water partition coefficient (Wildman–Crippen LogP) is 0.859. The topological polar surface area (TPSA) is 82.7 Å². The molecule has 0 bridgehead atoms. The van der Waals surface area contributed by atoms with Crippen molar-refractivity contribution in [3.8, 4) is 6.07 Å². The molecule has 1 rings (SSSR count). The van der Waals surface area contributed by atoms with E-state index in [0.29, 0.717) is 11.4 Å². The molecule has 0 aliphatic heterocycles. The zero-order valence-corrected chi connectivity index (χ0v) is 8.16. The predicted molar refractivity (Wildman–Crippen MR) is 52.7 cm³/mol. The number of nitrogens with one attached hydrogen (secondary N) is 1. The van der Waals surface area contributed by atoms with Crippen LogP contribution in [0.1, 0.15) is 11.1 Å². The van der Waals surface area contributed by atoms with Gasteiger partial charge in [0.2, 0.25) is 0 Å². The summed E-state index contributed by atoms with van der Waals surface area (Å²) in [5.41, 5.74) is 5.94. The van der Waals surface area contributed by atoms with Crippen LogP contribution >= 0.6 is 11.8 Å². The first-order chi connectivity index (χ1) is 6.11. The van der Waals surface area contributed by atoms with E-state index in [0.717, 1.165) is 4.90 Å². The lowest BCUT2D eigenvalue weighted by Gasteiger charge is -2.06. The number of thioether (sulfide) groups is 1. The average molecular weight is 195 g/mol. The number of nitrogens with two attached hydrogens (primary N) is 1. The number of aromatic amines is 1. The zero-order valence-electron chi connectivity index (χ0n) is 7.34. The molecule has 0 aliphatic rings. The molecule has 0 atom stereocenters. The van der Waals surface area contributed by atoms with Crippen molar-refractivity contribution in [2.75, 3.05) is 12.0 Å². The number of aromatic nitrogens is 1. The Morgan fingerprint density at radius 2 is 2.23 bits per heavy atom. The molecule has 0 spiro atoms. The molecule has 1 aromatic rings. The zero-order chi connectivity index (χ0) is 10.0. The molecule has 13 heavy (non-hydrogen) atoms. The summed E-state index contributed by atoms with van der Waals surface area (Å²) in [6.45, 7) is 1.72. The molecule has 5 heteroatoms. The lowest BCUT2D eigenvalue weighted by molar-refractivity contribution is 1.12. The van der Waals surface area contributed by atoms with E-state index in [1.807, 2.05) is 12.3 Å². The molecule has 68 valence electrons. The number of nitriles is 1. The third kappa shape index (κ3) is 1.53. The van der Waals surface area contributed by atoms with Crippen molar-refractivity contribution in [3.05, 3.63) is 21.5 Å². The fourth-order valence-corrected chi connectivity index (χ4v) is 1.80. The Balaban J connectivity index is 3.60. The van der Waals surface area contributed by atoms with Crippen LogP contribution < -0.4 is 11.3 Å². The van der Waals surface area contributed by atoms with Crippen LogP contribution in [0.15, 0.2) is 9.69 Å². The van der Waals surface area contributed by atoms with Crippen LogP contribution in [0.4, 0.5) is 5.82 Å². The van der Waals surface area contributed by atoms with Gasteiger partial charge in [-0.2, -0.15) is 5.26 Å². The van der Waals surface area contributed by atoms with Crippen molar-refractivity contribution < 1.29 is 0 Å². The number of anilines is 1. The van der Waals surface area contributed by atoms with E-state index in [-0.39, 0.29) is 5.56 Å². The van der Waals surface area contributed by atoms with Crippen molar-refractivity contribution in [2.24, 2.45) is 0 Å². The lowest BCUT2D eigenvalue weighted by atomic mass is 10.2. The van der Waals surface area contributed by atoms with Gasteiger partial charge in [-0.1, -0.05) is 0 Å². The Kier molecular flexibility index (Phi) is 2.63. The van der Waals surface area contributed by atoms with Gasteiger partial charge in [0.15, 0.2) is 0 Å². The summed E-state index contributed by atoms with van der Waals surface area (Å²) in [7, 11) is 0. The highest BCUT2D eigenvalue weighted by Gasteiger charge is 2.10. The molecule has 4 nitrogen and oxygen atoms in total. The molecule has 0 fully saturated rings. The molecule has 0 amide bonds. The van der Waals surface area contributed by atoms with Crippen LogP contribution in [-0.4, -0.2) is 11.2 Å². The van der Waals surface area contributed by atoms with Gasteiger partial charge in [0, 0.05) is 0 Å². The summed E-state index contributed by atoms with van der Waals surface area (Å²) < 4.78 is 0. The monoisotopic (exact) mass is 195 g/mol. The molecule has 0 saturated heterocycles. The Morgan fingerprint density at radius 1 is 1.62 bits per heavy atom. The maximum Gasteiger partial charge on any atom is 0.267 e. The van der Waals surface area contributed by atoms with Crippen LogP contribution in [0, 0.1) is 18.3 Å². The molecule has 0 aromatic carbocycles. The summed E-state index contributed by atoms with van der Waals surface area (Å²) >= 11 is 1.41. The standard InChI is InChI=1S/C8H9N3OS/c1-4-5(3-9)8(12)11-7(10)6(4)13-2/h1-2H3,(H3,10,11,12).